The minimum absolute atomic E-state index is 0.127. The summed E-state index contributed by atoms with van der Waals surface area (Å²) in [4.78, 5) is 22.6. The lowest BCUT2D eigenvalue weighted by Crippen LogP contribution is -2.34. The van der Waals surface area contributed by atoms with Gasteiger partial charge in [0.1, 0.15) is 5.82 Å². The van der Waals surface area contributed by atoms with Crippen LogP contribution in [0.4, 0.5) is 4.39 Å². The van der Waals surface area contributed by atoms with E-state index < -0.39 is 0 Å². The smallest absolute Gasteiger partial charge is 0.307 e. The minimum Gasteiger partial charge on any atom is -0.469 e. The van der Waals surface area contributed by atoms with Gasteiger partial charge in [0, 0.05) is 12.5 Å². The Morgan fingerprint density at radius 3 is 2.68 bits per heavy atom. The van der Waals surface area contributed by atoms with Gasteiger partial charge in [0.05, 0.1) is 13.5 Å². The molecule has 1 amide bonds. The second kappa shape index (κ2) is 7.51. The van der Waals surface area contributed by atoms with Crippen molar-refractivity contribution in [2.45, 2.75) is 32.2 Å². The second-order valence-electron chi connectivity index (χ2n) is 4.34. The molecule has 0 heterocycles. The molecule has 1 atom stereocenters. The summed E-state index contributed by atoms with van der Waals surface area (Å²) in [6.45, 7) is 1.72. The first kappa shape index (κ1) is 15.1. The molecule has 1 aromatic rings. The Labute approximate surface area is 112 Å². The highest BCUT2D eigenvalue weighted by Gasteiger charge is 2.12. The first-order valence-electron chi connectivity index (χ1n) is 6.12. The molecule has 0 radical (unpaired) electrons. The number of ether oxygens (including phenoxy) is 1. The highest BCUT2D eigenvalue weighted by molar-refractivity contribution is 5.77. The molecule has 0 aliphatic heterocycles. The van der Waals surface area contributed by atoms with E-state index in [1.165, 1.54) is 13.2 Å². The van der Waals surface area contributed by atoms with Gasteiger partial charge in [0.15, 0.2) is 0 Å². The number of carbonyl (C=O) groups excluding carboxylic acids is 2. The summed E-state index contributed by atoms with van der Waals surface area (Å²) in [6.07, 6.45) is 0.651. The van der Waals surface area contributed by atoms with Crippen molar-refractivity contribution in [3.8, 4) is 0 Å². The van der Waals surface area contributed by atoms with E-state index in [9.17, 15) is 14.0 Å². The van der Waals surface area contributed by atoms with Gasteiger partial charge >= 0.3 is 5.97 Å². The van der Waals surface area contributed by atoms with Gasteiger partial charge in [0.2, 0.25) is 5.91 Å². The Morgan fingerprint density at radius 2 is 2.05 bits per heavy atom. The number of methoxy groups -OCH3 is 1. The molecule has 1 rings (SSSR count). The molecule has 0 fully saturated rings. The maximum atomic E-state index is 13.3. The number of rotatable bonds is 6. The number of carbonyl (C=O) groups is 2. The van der Waals surface area contributed by atoms with Crippen LogP contribution >= 0.6 is 0 Å². The van der Waals surface area contributed by atoms with Crippen molar-refractivity contribution < 1.29 is 18.7 Å². The molecule has 4 nitrogen and oxygen atoms in total. The molecule has 0 aromatic heterocycles. The maximum absolute atomic E-state index is 13.3. The van der Waals surface area contributed by atoms with Crippen LogP contribution < -0.4 is 5.32 Å². The van der Waals surface area contributed by atoms with E-state index in [0.29, 0.717) is 12.0 Å². The number of nitrogens with one attached hydrogen (secondary N) is 1. The number of hydrogen-bond donors (Lipinski definition) is 1. The average Bonchev–Trinajstić information content (AvgIpc) is 2.37. The topological polar surface area (TPSA) is 55.4 Å². The van der Waals surface area contributed by atoms with Gasteiger partial charge in [-0.3, -0.25) is 9.59 Å². The Balaban J connectivity index is 2.36. The fraction of sp³-hybridized carbons (Fsp3) is 0.429. The fourth-order valence-electron chi connectivity index (χ4n) is 1.68. The van der Waals surface area contributed by atoms with Gasteiger partial charge in [-0.05, 0) is 25.0 Å². The van der Waals surface area contributed by atoms with Gasteiger partial charge in [-0.2, -0.15) is 0 Å². The van der Waals surface area contributed by atoms with E-state index in [4.69, 9.17) is 0 Å². The molecule has 0 aliphatic rings. The van der Waals surface area contributed by atoms with Crippen molar-refractivity contribution in [3.05, 3.63) is 35.6 Å². The predicted octanol–water partition coefficient (Wildman–Crippen LogP) is 1.83. The summed E-state index contributed by atoms with van der Waals surface area (Å²) >= 11 is 0. The van der Waals surface area contributed by atoms with Gasteiger partial charge in [-0.1, -0.05) is 18.2 Å². The van der Waals surface area contributed by atoms with E-state index in [1.54, 1.807) is 25.1 Å². The lowest BCUT2D eigenvalue weighted by molar-refractivity contribution is -0.141. The zero-order valence-electron chi connectivity index (χ0n) is 11.1. The quantitative estimate of drug-likeness (QED) is 0.800. The molecule has 0 spiro atoms. The normalized spacial score (nSPS) is 11.7. The third-order valence-corrected chi connectivity index (χ3v) is 2.69. The van der Waals surface area contributed by atoms with E-state index in [2.05, 4.69) is 10.1 Å². The molecule has 0 saturated heterocycles. The fourth-order valence-corrected chi connectivity index (χ4v) is 1.68. The van der Waals surface area contributed by atoms with Crippen LogP contribution in [0.3, 0.4) is 0 Å². The van der Waals surface area contributed by atoms with Crippen molar-refractivity contribution in [1.82, 2.24) is 5.32 Å². The van der Waals surface area contributed by atoms with Gasteiger partial charge in [-0.15, -0.1) is 0 Å². The zero-order chi connectivity index (χ0) is 14.3. The Kier molecular flexibility index (Phi) is 5.99. The summed E-state index contributed by atoms with van der Waals surface area (Å²) in [6, 6.07) is 6.07. The lowest BCUT2D eigenvalue weighted by atomic mass is 10.1. The number of hydrogen-bond acceptors (Lipinski definition) is 3. The summed E-state index contributed by atoms with van der Waals surface area (Å²) in [5.74, 6) is -0.889. The number of halogens is 1. The largest absolute Gasteiger partial charge is 0.469 e. The summed E-state index contributed by atoms with van der Waals surface area (Å²) in [5, 5.41) is 2.67. The highest BCUT2D eigenvalue weighted by atomic mass is 19.1. The number of aryl methyl sites for hydroxylation is 1. The second-order valence-corrected chi connectivity index (χ2v) is 4.34. The average molecular weight is 267 g/mol. The first-order valence-corrected chi connectivity index (χ1v) is 6.12. The Hall–Kier alpha value is -1.91. The third kappa shape index (κ3) is 5.50. The Bertz CT molecular complexity index is 448. The van der Waals surface area contributed by atoms with E-state index >= 15 is 0 Å². The standard InChI is InChI=1S/C14H18FNO3/c1-10(9-14(18)19-2)16-13(17)8-7-11-5-3-4-6-12(11)15/h3-6,10H,7-9H2,1-2H3,(H,16,17). The maximum Gasteiger partial charge on any atom is 0.307 e. The molecule has 1 unspecified atom stereocenters. The van der Waals surface area contributed by atoms with Crippen molar-refractivity contribution in [3.63, 3.8) is 0 Å². The van der Waals surface area contributed by atoms with Gasteiger partial charge in [-0.25, -0.2) is 4.39 Å². The van der Waals surface area contributed by atoms with Crippen molar-refractivity contribution >= 4 is 11.9 Å². The molecular formula is C14H18FNO3. The molecule has 1 aromatic carbocycles. The molecule has 0 saturated carbocycles. The first-order chi connectivity index (χ1) is 9.02. The van der Waals surface area contributed by atoms with Crippen molar-refractivity contribution in [2.24, 2.45) is 0 Å². The lowest BCUT2D eigenvalue weighted by Gasteiger charge is -2.12. The summed E-state index contributed by atoms with van der Waals surface area (Å²) < 4.78 is 17.8. The van der Waals surface area contributed by atoms with Crippen LogP contribution in [0.25, 0.3) is 0 Å². The summed E-state index contributed by atoms with van der Waals surface area (Å²) in [7, 11) is 1.30. The monoisotopic (exact) mass is 267 g/mol. The van der Waals surface area contributed by atoms with E-state index in [1.807, 2.05) is 0 Å². The van der Waals surface area contributed by atoms with Crippen LogP contribution in [0.5, 0.6) is 0 Å². The molecule has 0 aliphatic carbocycles. The minimum atomic E-state index is -0.373. The van der Waals surface area contributed by atoms with Crippen LogP contribution in [0.2, 0.25) is 0 Å². The van der Waals surface area contributed by atoms with Gasteiger partial charge in [0.25, 0.3) is 0 Å². The van der Waals surface area contributed by atoms with Gasteiger partial charge < -0.3 is 10.1 Å². The SMILES string of the molecule is COC(=O)CC(C)NC(=O)CCc1ccccc1F. The van der Waals surface area contributed by atoms with Crippen LogP contribution in [0, 0.1) is 5.82 Å². The van der Waals surface area contributed by atoms with Crippen LogP contribution in [-0.2, 0) is 20.7 Å². The number of amides is 1. The third-order valence-electron chi connectivity index (χ3n) is 2.69. The Morgan fingerprint density at radius 1 is 1.37 bits per heavy atom. The van der Waals surface area contributed by atoms with Crippen molar-refractivity contribution in [2.75, 3.05) is 7.11 Å². The number of esters is 1. The molecule has 104 valence electrons. The van der Waals surface area contributed by atoms with E-state index in [-0.39, 0.29) is 36.6 Å². The van der Waals surface area contributed by atoms with Crippen LogP contribution in [-0.4, -0.2) is 25.0 Å². The molecule has 0 bridgehead atoms. The van der Waals surface area contributed by atoms with E-state index in [0.717, 1.165) is 0 Å². The molecule has 1 N–H and O–H groups in total. The molecule has 19 heavy (non-hydrogen) atoms. The summed E-state index contributed by atoms with van der Waals surface area (Å²) in [5.41, 5.74) is 0.512. The highest BCUT2D eigenvalue weighted by Crippen LogP contribution is 2.08. The molecular weight excluding hydrogens is 249 g/mol. The molecule has 5 heteroatoms. The predicted molar refractivity (Wildman–Crippen MR) is 69.0 cm³/mol. The number of benzene rings is 1. The van der Waals surface area contributed by atoms with Crippen LogP contribution in [0.15, 0.2) is 24.3 Å². The van der Waals surface area contributed by atoms with Crippen molar-refractivity contribution in [1.29, 1.82) is 0 Å². The van der Waals surface area contributed by atoms with Crippen LogP contribution in [0.1, 0.15) is 25.3 Å². The zero-order valence-corrected chi connectivity index (χ0v) is 11.1.